The van der Waals surface area contributed by atoms with Gasteiger partial charge in [-0.15, -0.1) is 0 Å². The van der Waals surface area contributed by atoms with Gasteiger partial charge in [0.15, 0.2) is 0 Å². The van der Waals surface area contributed by atoms with Gasteiger partial charge in [0.25, 0.3) is 0 Å². The number of nitrogens with zero attached hydrogens (tertiary/aromatic N) is 2. The molecule has 2 N–H and O–H groups in total. The number of carbonyl (C=O) groups excluding carboxylic acids is 3. The molecule has 1 aromatic heterocycles. The number of ether oxygens (including phenoxy) is 3. The van der Waals surface area contributed by atoms with E-state index in [1.54, 1.807) is 43.3 Å². The third kappa shape index (κ3) is 4.68. The number of aromatic nitrogens is 1. The fourth-order valence-corrected chi connectivity index (χ4v) is 4.68. The molecule has 0 saturated carbocycles. The normalized spacial score (nSPS) is 15.5. The first kappa shape index (κ1) is 26.7. The van der Waals surface area contributed by atoms with E-state index >= 15 is 0 Å². The topological polar surface area (TPSA) is 121 Å². The molecule has 9 nitrogen and oxygen atoms in total. The summed E-state index contributed by atoms with van der Waals surface area (Å²) in [6.07, 6.45) is 0. The maximum Gasteiger partial charge on any atom is 0.355 e. The molecule has 0 radical (unpaired) electrons. The lowest BCUT2D eigenvalue weighted by atomic mass is 9.80. The average Bonchev–Trinajstić information content (AvgIpc) is 2.91. The lowest BCUT2D eigenvalue weighted by molar-refractivity contribution is -0.141. The van der Waals surface area contributed by atoms with Crippen molar-refractivity contribution in [2.24, 2.45) is 5.73 Å². The van der Waals surface area contributed by atoms with Gasteiger partial charge in [-0.3, -0.25) is 4.90 Å². The highest BCUT2D eigenvalue weighted by Crippen LogP contribution is 2.46. The lowest BCUT2D eigenvalue weighted by Gasteiger charge is -2.37. The molecule has 3 aromatic rings. The van der Waals surface area contributed by atoms with Gasteiger partial charge in [-0.2, -0.15) is 0 Å². The summed E-state index contributed by atoms with van der Waals surface area (Å²) in [5.41, 5.74) is 8.36. The molecule has 196 valence electrons. The second kappa shape index (κ2) is 10.9. The molecule has 0 aliphatic carbocycles. The minimum absolute atomic E-state index is 0.0118. The molecule has 1 unspecified atom stereocenters. The molecule has 1 aliphatic heterocycles. The number of methoxy groups -OCH3 is 2. The molecule has 2 heterocycles. The van der Waals surface area contributed by atoms with Crippen molar-refractivity contribution in [1.29, 1.82) is 0 Å². The fraction of sp³-hybridized carbons (Fsp3) is 0.214. The van der Waals surface area contributed by atoms with Crippen LogP contribution < -0.4 is 10.6 Å². The van der Waals surface area contributed by atoms with Crippen LogP contribution in [0, 0.1) is 6.92 Å². The lowest BCUT2D eigenvalue weighted by Crippen LogP contribution is -2.42. The molecule has 0 amide bonds. The van der Waals surface area contributed by atoms with Crippen molar-refractivity contribution < 1.29 is 28.6 Å². The van der Waals surface area contributed by atoms with Gasteiger partial charge in [-0.25, -0.2) is 19.4 Å². The number of anilines is 1. The summed E-state index contributed by atoms with van der Waals surface area (Å²) in [4.78, 5) is 45.9. The SMILES string of the molecule is CCOC(=O)C1=C(N)N(c2ccc(C)cc2)C(C(=O)OC)=C(C(=O)OC)C1c1cc2ccccc2nc1Cl. The number of fused-ring (bicyclic) bond motifs is 1. The van der Waals surface area contributed by atoms with Crippen LogP contribution >= 0.6 is 11.6 Å². The van der Waals surface area contributed by atoms with E-state index in [4.69, 9.17) is 31.5 Å². The van der Waals surface area contributed by atoms with E-state index in [2.05, 4.69) is 4.98 Å². The van der Waals surface area contributed by atoms with Crippen LogP contribution in [-0.2, 0) is 28.6 Å². The molecule has 4 rings (SSSR count). The summed E-state index contributed by atoms with van der Waals surface area (Å²) in [5, 5.41) is 0.705. The summed E-state index contributed by atoms with van der Waals surface area (Å²) in [6, 6.07) is 15.9. The predicted octanol–water partition coefficient (Wildman–Crippen LogP) is 4.13. The maximum atomic E-state index is 13.5. The zero-order valence-electron chi connectivity index (χ0n) is 21.3. The monoisotopic (exact) mass is 535 g/mol. The van der Waals surface area contributed by atoms with Crippen molar-refractivity contribution in [3.8, 4) is 0 Å². The molecular formula is C28H26ClN3O6. The number of esters is 3. The van der Waals surface area contributed by atoms with E-state index in [0.717, 1.165) is 5.56 Å². The first-order valence-electron chi connectivity index (χ1n) is 11.7. The largest absolute Gasteiger partial charge is 0.466 e. The third-order valence-electron chi connectivity index (χ3n) is 6.16. The number of hydrogen-bond acceptors (Lipinski definition) is 9. The van der Waals surface area contributed by atoms with Gasteiger partial charge < -0.3 is 19.9 Å². The van der Waals surface area contributed by atoms with E-state index in [-0.39, 0.29) is 40.0 Å². The number of hydrogen-bond donors (Lipinski definition) is 1. The maximum absolute atomic E-state index is 13.5. The third-order valence-corrected chi connectivity index (χ3v) is 6.46. The van der Waals surface area contributed by atoms with Crippen LogP contribution in [0.25, 0.3) is 10.9 Å². The van der Waals surface area contributed by atoms with Crippen LogP contribution in [-0.4, -0.2) is 43.7 Å². The highest BCUT2D eigenvalue weighted by Gasteiger charge is 2.46. The van der Waals surface area contributed by atoms with Crippen LogP contribution in [0.2, 0.25) is 5.15 Å². The Morgan fingerprint density at radius 1 is 0.974 bits per heavy atom. The Balaban J connectivity index is 2.14. The first-order valence-corrected chi connectivity index (χ1v) is 12.1. The number of para-hydroxylation sites is 1. The molecule has 1 aliphatic rings. The molecular weight excluding hydrogens is 510 g/mol. The first-order chi connectivity index (χ1) is 18.2. The summed E-state index contributed by atoms with van der Waals surface area (Å²) < 4.78 is 15.5. The highest BCUT2D eigenvalue weighted by molar-refractivity contribution is 6.31. The van der Waals surface area contributed by atoms with Crippen molar-refractivity contribution in [2.75, 3.05) is 25.7 Å². The second-order valence-electron chi connectivity index (χ2n) is 8.43. The van der Waals surface area contributed by atoms with Crippen molar-refractivity contribution in [3.63, 3.8) is 0 Å². The van der Waals surface area contributed by atoms with Gasteiger partial charge in [0, 0.05) is 16.6 Å². The Hall–Kier alpha value is -4.37. The van der Waals surface area contributed by atoms with Gasteiger partial charge in [0.05, 0.1) is 43.4 Å². The summed E-state index contributed by atoms with van der Waals surface area (Å²) in [6.45, 7) is 3.58. The molecule has 0 bridgehead atoms. The number of rotatable bonds is 6. The van der Waals surface area contributed by atoms with E-state index in [0.29, 0.717) is 16.6 Å². The van der Waals surface area contributed by atoms with E-state index in [1.165, 1.54) is 19.1 Å². The van der Waals surface area contributed by atoms with E-state index in [1.807, 2.05) is 25.1 Å². The number of halogens is 1. The predicted molar refractivity (Wildman–Crippen MR) is 142 cm³/mol. The number of pyridine rings is 1. The minimum atomic E-state index is -1.25. The minimum Gasteiger partial charge on any atom is -0.466 e. The van der Waals surface area contributed by atoms with Gasteiger partial charge in [-0.05, 0) is 38.1 Å². The fourth-order valence-electron chi connectivity index (χ4n) is 4.43. The van der Waals surface area contributed by atoms with Crippen molar-refractivity contribution in [1.82, 2.24) is 4.98 Å². The summed E-state index contributed by atoms with van der Waals surface area (Å²) in [7, 11) is 2.35. The zero-order valence-corrected chi connectivity index (χ0v) is 22.0. The molecule has 1 atom stereocenters. The van der Waals surface area contributed by atoms with Crippen LogP contribution in [0.3, 0.4) is 0 Å². The zero-order chi connectivity index (χ0) is 27.6. The molecule has 0 spiro atoms. The number of aryl methyl sites for hydroxylation is 1. The van der Waals surface area contributed by atoms with Crippen LogP contribution in [0.5, 0.6) is 0 Å². The van der Waals surface area contributed by atoms with Crippen molar-refractivity contribution >= 4 is 46.1 Å². The number of nitrogens with two attached hydrogens (primary N) is 1. The van der Waals surface area contributed by atoms with Gasteiger partial charge in [0.1, 0.15) is 16.7 Å². The van der Waals surface area contributed by atoms with E-state index < -0.39 is 23.8 Å². The molecule has 2 aromatic carbocycles. The Kier molecular flexibility index (Phi) is 7.68. The van der Waals surface area contributed by atoms with Crippen LogP contribution in [0.4, 0.5) is 5.69 Å². The summed E-state index contributed by atoms with van der Waals surface area (Å²) >= 11 is 6.65. The summed E-state index contributed by atoms with van der Waals surface area (Å²) in [5.74, 6) is -3.92. The number of benzene rings is 2. The van der Waals surface area contributed by atoms with Gasteiger partial charge >= 0.3 is 17.9 Å². The van der Waals surface area contributed by atoms with Crippen molar-refractivity contribution in [3.05, 3.63) is 93.5 Å². The standard InChI is InChI=1S/C28H26ClN3O6/c1-5-38-27(34)22-20(18-14-16-8-6-7-9-19(16)31-24(18)29)21(26(33)36-3)23(28(35)37-4)32(25(22)30)17-12-10-15(2)11-13-17/h6-14,20H,5,30H2,1-4H3. The van der Waals surface area contributed by atoms with E-state index in [9.17, 15) is 14.4 Å². The Morgan fingerprint density at radius 2 is 1.63 bits per heavy atom. The smallest absolute Gasteiger partial charge is 0.355 e. The van der Waals surface area contributed by atoms with Gasteiger partial charge in [0.2, 0.25) is 0 Å². The van der Waals surface area contributed by atoms with Gasteiger partial charge in [-0.1, -0.05) is 47.5 Å². The molecule has 0 fully saturated rings. The number of carbonyl (C=O) groups is 3. The van der Waals surface area contributed by atoms with Crippen LogP contribution in [0.15, 0.2) is 77.3 Å². The highest BCUT2D eigenvalue weighted by atomic mass is 35.5. The quantitative estimate of drug-likeness (QED) is 0.282. The Bertz CT molecular complexity index is 1500. The van der Waals surface area contributed by atoms with Crippen molar-refractivity contribution in [2.45, 2.75) is 19.8 Å². The Morgan fingerprint density at radius 3 is 2.26 bits per heavy atom. The second-order valence-corrected chi connectivity index (χ2v) is 8.79. The average molecular weight is 536 g/mol. The molecule has 0 saturated heterocycles. The molecule has 10 heteroatoms. The Labute approximate surface area is 224 Å². The van der Waals surface area contributed by atoms with Crippen LogP contribution in [0.1, 0.15) is 24.0 Å². The molecule has 38 heavy (non-hydrogen) atoms.